The minimum absolute atomic E-state index is 0.137. The van der Waals surface area contributed by atoms with Crippen molar-refractivity contribution in [3.8, 4) is 17.0 Å². The molecule has 7 rings (SSSR count). The summed E-state index contributed by atoms with van der Waals surface area (Å²) >= 11 is 0. The van der Waals surface area contributed by atoms with Crippen LogP contribution in [-0.2, 0) is 4.79 Å². The van der Waals surface area contributed by atoms with Gasteiger partial charge in [-0.1, -0.05) is 12.1 Å². The van der Waals surface area contributed by atoms with Gasteiger partial charge in [-0.15, -0.1) is 0 Å². The Kier molecular flexibility index (Phi) is 5.24. The first-order chi connectivity index (χ1) is 16.6. The molecule has 4 bridgehead atoms. The molecule has 3 aromatic rings. The molecule has 4 fully saturated rings. The number of carbonyl (C=O) groups is 1. The van der Waals surface area contributed by atoms with Crippen LogP contribution in [0.4, 0.5) is 17.2 Å². The zero-order valence-corrected chi connectivity index (χ0v) is 19.5. The summed E-state index contributed by atoms with van der Waals surface area (Å²) in [5.41, 5.74) is 3.32. The van der Waals surface area contributed by atoms with Gasteiger partial charge < -0.3 is 15.4 Å². The van der Waals surface area contributed by atoms with Crippen molar-refractivity contribution >= 4 is 23.1 Å². The molecule has 2 N–H and O–H groups in total. The number of carbonyl (C=O) groups excluding carboxylic acids is 1. The fourth-order valence-corrected chi connectivity index (χ4v) is 6.87. The second kappa shape index (κ2) is 8.42. The third kappa shape index (κ3) is 3.91. The number of rotatable bonds is 6. The van der Waals surface area contributed by atoms with Crippen LogP contribution in [0.5, 0.6) is 5.75 Å². The zero-order valence-electron chi connectivity index (χ0n) is 19.5. The number of nitrogens with one attached hydrogen (secondary N) is 2. The first kappa shape index (κ1) is 21.1. The summed E-state index contributed by atoms with van der Waals surface area (Å²) in [4.78, 5) is 22.1. The van der Waals surface area contributed by atoms with Gasteiger partial charge in [-0.2, -0.15) is 0 Å². The molecule has 1 heterocycles. The average molecular weight is 455 g/mol. The number of para-hydroxylation sites is 1. The average Bonchev–Trinajstić information content (AvgIpc) is 2.84. The summed E-state index contributed by atoms with van der Waals surface area (Å²) in [6.45, 7) is 0. The summed E-state index contributed by atoms with van der Waals surface area (Å²) in [7, 11) is 1.66. The Balaban J connectivity index is 1.14. The largest absolute Gasteiger partial charge is 0.496 e. The number of hydrogen-bond acceptors (Lipinski definition) is 5. The number of hydrogen-bond donors (Lipinski definition) is 2. The maximum atomic E-state index is 13.3. The van der Waals surface area contributed by atoms with Crippen LogP contribution in [0.3, 0.4) is 0 Å². The fourth-order valence-electron chi connectivity index (χ4n) is 6.87. The van der Waals surface area contributed by atoms with Gasteiger partial charge in [0.1, 0.15) is 17.9 Å². The lowest BCUT2D eigenvalue weighted by Gasteiger charge is -2.55. The van der Waals surface area contributed by atoms with Crippen molar-refractivity contribution in [1.29, 1.82) is 0 Å². The smallest absolute Gasteiger partial charge is 0.230 e. The lowest BCUT2D eigenvalue weighted by atomic mass is 9.49. The van der Waals surface area contributed by atoms with Gasteiger partial charge in [-0.05, 0) is 92.7 Å². The molecular formula is C28H30N4O2. The van der Waals surface area contributed by atoms with Crippen molar-refractivity contribution < 1.29 is 9.53 Å². The Labute approximate surface area is 200 Å². The first-order valence-electron chi connectivity index (χ1n) is 12.2. The van der Waals surface area contributed by atoms with Gasteiger partial charge in [0.05, 0.1) is 18.2 Å². The fraction of sp³-hybridized carbons (Fsp3) is 0.393. The molecule has 1 amide bonds. The molecule has 1 aromatic heterocycles. The number of anilines is 3. The molecule has 2 aromatic carbocycles. The van der Waals surface area contributed by atoms with Crippen molar-refractivity contribution in [3.63, 3.8) is 0 Å². The zero-order chi connectivity index (χ0) is 23.1. The highest BCUT2D eigenvalue weighted by Crippen LogP contribution is 2.60. The van der Waals surface area contributed by atoms with Gasteiger partial charge in [0.2, 0.25) is 5.91 Å². The molecule has 0 spiro atoms. The SMILES string of the molecule is COc1ccccc1-c1cc(Nc2ccc(NC(=O)C34CC5CC(CC(C5)C3)C4)cc2)ncn1. The van der Waals surface area contributed by atoms with Gasteiger partial charge in [0, 0.05) is 23.0 Å². The van der Waals surface area contributed by atoms with Gasteiger partial charge >= 0.3 is 0 Å². The van der Waals surface area contributed by atoms with E-state index >= 15 is 0 Å². The summed E-state index contributed by atoms with van der Waals surface area (Å²) < 4.78 is 5.46. The van der Waals surface area contributed by atoms with Crippen LogP contribution in [0.25, 0.3) is 11.3 Å². The van der Waals surface area contributed by atoms with Crippen molar-refractivity contribution in [2.75, 3.05) is 17.7 Å². The molecule has 6 nitrogen and oxygen atoms in total. The Bertz CT molecular complexity index is 1170. The summed E-state index contributed by atoms with van der Waals surface area (Å²) in [5, 5.41) is 6.56. The predicted molar refractivity (Wildman–Crippen MR) is 133 cm³/mol. The van der Waals surface area contributed by atoms with Crippen molar-refractivity contribution in [2.45, 2.75) is 38.5 Å². The Hall–Kier alpha value is -3.41. The highest BCUT2D eigenvalue weighted by atomic mass is 16.5. The quantitative estimate of drug-likeness (QED) is 0.474. The van der Waals surface area contributed by atoms with Gasteiger partial charge in [0.25, 0.3) is 0 Å². The van der Waals surface area contributed by atoms with Gasteiger partial charge in [-0.3, -0.25) is 4.79 Å². The lowest BCUT2D eigenvalue weighted by molar-refractivity contribution is -0.140. The molecule has 0 atom stereocenters. The highest BCUT2D eigenvalue weighted by molar-refractivity contribution is 5.95. The molecule has 0 aliphatic heterocycles. The van der Waals surface area contributed by atoms with Crippen LogP contribution in [-0.4, -0.2) is 23.0 Å². The molecule has 4 aliphatic rings. The maximum Gasteiger partial charge on any atom is 0.230 e. The molecule has 6 heteroatoms. The molecule has 174 valence electrons. The summed E-state index contributed by atoms with van der Waals surface area (Å²) in [6.07, 6.45) is 8.80. The number of aromatic nitrogens is 2. The lowest BCUT2D eigenvalue weighted by Crippen LogP contribution is -2.51. The van der Waals surface area contributed by atoms with E-state index in [0.29, 0.717) is 5.82 Å². The van der Waals surface area contributed by atoms with E-state index in [1.165, 1.54) is 19.3 Å². The topological polar surface area (TPSA) is 76.1 Å². The highest BCUT2D eigenvalue weighted by Gasteiger charge is 2.54. The molecule has 0 unspecified atom stereocenters. The van der Waals surface area contributed by atoms with E-state index in [0.717, 1.165) is 65.4 Å². The monoisotopic (exact) mass is 454 g/mol. The molecule has 4 saturated carbocycles. The van der Waals surface area contributed by atoms with Crippen LogP contribution < -0.4 is 15.4 Å². The van der Waals surface area contributed by atoms with E-state index in [4.69, 9.17) is 4.74 Å². The number of methoxy groups -OCH3 is 1. The Morgan fingerprint density at radius 2 is 1.56 bits per heavy atom. The second-order valence-electron chi connectivity index (χ2n) is 10.3. The van der Waals surface area contributed by atoms with Crippen molar-refractivity contribution in [3.05, 3.63) is 60.9 Å². The summed E-state index contributed by atoms with van der Waals surface area (Å²) in [5.74, 6) is 3.98. The second-order valence-corrected chi connectivity index (χ2v) is 10.3. The minimum atomic E-state index is -0.137. The van der Waals surface area contributed by atoms with E-state index in [9.17, 15) is 4.79 Å². The van der Waals surface area contributed by atoms with E-state index in [-0.39, 0.29) is 11.3 Å². The summed E-state index contributed by atoms with van der Waals surface area (Å²) in [6, 6.07) is 17.6. The molecule has 4 aliphatic carbocycles. The van der Waals surface area contributed by atoms with Gasteiger partial charge in [-0.25, -0.2) is 9.97 Å². The van der Waals surface area contributed by atoms with E-state index in [1.54, 1.807) is 13.4 Å². The van der Waals surface area contributed by atoms with Gasteiger partial charge in [0.15, 0.2) is 0 Å². The van der Waals surface area contributed by atoms with Crippen LogP contribution in [0, 0.1) is 23.2 Å². The first-order valence-corrected chi connectivity index (χ1v) is 12.2. The number of ether oxygens (including phenoxy) is 1. The normalized spacial score (nSPS) is 26.8. The van der Waals surface area contributed by atoms with Crippen LogP contribution >= 0.6 is 0 Å². The van der Waals surface area contributed by atoms with E-state index in [2.05, 4.69) is 20.6 Å². The number of amides is 1. The standard InChI is InChI=1S/C28H30N4O2/c1-34-25-5-3-2-4-23(25)24-13-26(30-17-29-24)31-21-6-8-22(9-7-21)32-27(33)28-14-18-10-19(15-28)12-20(11-18)16-28/h2-9,13,17-20H,10-12,14-16H2,1H3,(H,32,33)(H,29,30,31). The Morgan fingerprint density at radius 1 is 0.912 bits per heavy atom. The molecule has 0 saturated heterocycles. The van der Waals surface area contributed by atoms with Crippen LogP contribution in [0.1, 0.15) is 38.5 Å². The minimum Gasteiger partial charge on any atom is -0.496 e. The maximum absolute atomic E-state index is 13.3. The molecule has 0 radical (unpaired) electrons. The van der Waals surface area contributed by atoms with Crippen LogP contribution in [0.2, 0.25) is 0 Å². The van der Waals surface area contributed by atoms with Crippen LogP contribution in [0.15, 0.2) is 60.9 Å². The third-order valence-corrected chi connectivity index (χ3v) is 7.99. The molecule has 34 heavy (non-hydrogen) atoms. The van der Waals surface area contributed by atoms with E-state index in [1.807, 2.05) is 54.6 Å². The third-order valence-electron chi connectivity index (χ3n) is 7.99. The number of benzene rings is 2. The molecular weight excluding hydrogens is 424 g/mol. The predicted octanol–water partition coefficient (Wildman–Crippen LogP) is 6.05. The van der Waals surface area contributed by atoms with Crippen molar-refractivity contribution in [2.24, 2.45) is 23.2 Å². The Morgan fingerprint density at radius 3 is 2.24 bits per heavy atom. The van der Waals surface area contributed by atoms with E-state index < -0.39 is 0 Å². The number of nitrogens with zero attached hydrogens (tertiary/aromatic N) is 2. The van der Waals surface area contributed by atoms with Crippen molar-refractivity contribution in [1.82, 2.24) is 9.97 Å².